The van der Waals surface area contributed by atoms with E-state index < -0.39 is 6.10 Å². The van der Waals surface area contributed by atoms with E-state index >= 15 is 0 Å². The molecular weight excluding hydrogens is 813 g/mol. The molecule has 0 aliphatic carbocycles. The lowest BCUT2D eigenvalue weighted by molar-refractivity contribution is -0.161. The maximum atomic E-state index is 12.3. The highest BCUT2D eigenvalue weighted by Gasteiger charge is 2.16. The SMILES string of the molecule is CC/C=C\C/C=C\C/C=C\C/C=C\C/C=C\CCCCCCCC(=O)OC(CO)COC(=O)CCCCCCCCCCCCCCCCCCCC/C=C\C/C=C\C/C=C\C/C=C\CC. The zero-order valence-electron chi connectivity index (χ0n) is 42.9. The van der Waals surface area contributed by atoms with E-state index in [0.717, 1.165) is 116 Å². The molecule has 376 valence electrons. The minimum absolute atomic E-state index is 0.0779. The van der Waals surface area contributed by atoms with Crippen molar-refractivity contribution < 1.29 is 24.2 Å². The van der Waals surface area contributed by atoms with Crippen LogP contribution in [0.25, 0.3) is 0 Å². The van der Waals surface area contributed by atoms with E-state index in [1.807, 2.05) is 0 Å². The molecule has 0 aliphatic rings. The van der Waals surface area contributed by atoms with Crippen LogP contribution in [0.4, 0.5) is 0 Å². The summed E-state index contributed by atoms with van der Waals surface area (Å²) in [6.07, 6.45) is 80.5. The second-order valence-corrected chi connectivity index (χ2v) is 17.9. The van der Waals surface area contributed by atoms with Gasteiger partial charge in [0.05, 0.1) is 6.61 Å². The summed E-state index contributed by atoms with van der Waals surface area (Å²) in [4.78, 5) is 24.5. The molecule has 5 heteroatoms. The molecule has 0 radical (unpaired) electrons. The maximum absolute atomic E-state index is 12.3. The van der Waals surface area contributed by atoms with Gasteiger partial charge >= 0.3 is 11.9 Å². The van der Waals surface area contributed by atoms with E-state index in [-0.39, 0.29) is 25.2 Å². The van der Waals surface area contributed by atoms with Gasteiger partial charge in [0, 0.05) is 12.8 Å². The van der Waals surface area contributed by atoms with Crippen LogP contribution in [-0.4, -0.2) is 36.4 Å². The number of esters is 2. The van der Waals surface area contributed by atoms with E-state index in [0.29, 0.717) is 12.8 Å². The number of carbonyl (C=O) groups is 2. The average Bonchev–Trinajstić information content (AvgIpc) is 3.32. The molecule has 66 heavy (non-hydrogen) atoms. The summed E-state index contributed by atoms with van der Waals surface area (Å²) in [5.41, 5.74) is 0. The highest BCUT2D eigenvalue weighted by Crippen LogP contribution is 2.16. The quantitative estimate of drug-likeness (QED) is 0.0374. The monoisotopic (exact) mass is 915 g/mol. The normalized spacial score (nSPS) is 13.1. The Morgan fingerprint density at radius 3 is 0.909 bits per heavy atom. The van der Waals surface area contributed by atoms with Crippen molar-refractivity contribution in [1.29, 1.82) is 0 Å². The molecule has 1 N–H and O–H groups in total. The topological polar surface area (TPSA) is 72.8 Å². The lowest BCUT2D eigenvalue weighted by Gasteiger charge is -2.15. The van der Waals surface area contributed by atoms with Crippen LogP contribution in [0.1, 0.15) is 245 Å². The molecule has 0 bridgehead atoms. The Hall–Kier alpha value is -3.44. The molecule has 5 nitrogen and oxygen atoms in total. The fraction of sp³-hybridized carbons (Fsp3) is 0.672. The standard InChI is InChI=1S/C61H102O5/c1-3-5-7-9-11-13-15-17-19-21-23-25-26-27-28-29-30-31-32-33-34-36-37-39-41-43-45-47-49-51-53-55-60(63)65-58-59(57-62)66-61(64)56-54-52-50-48-46-44-42-40-38-35-24-22-20-18-16-14-12-10-8-6-4-2/h5-8,11-14,17-20,23-25,35,40,42,59,62H,3-4,9-10,15-16,21-22,26-34,36-39,41,43-58H2,1-2H3/b7-5-,8-6-,13-11-,14-12-,19-17-,20-18-,25-23-,35-24-,42-40-. The Labute approximate surface area is 408 Å². The molecule has 0 aromatic heterocycles. The van der Waals surface area contributed by atoms with E-state index in [9.17, 15) is 14.7 Å². The molecule has 0 aromatic rings. The van der Waals surface area contributed by atoms with E-state index in [4.69, 9.17) is 9.47 Å². The van der Waals surface area contributed by atoms with Gasteiger partial charge in [0.25, 0.3) is 0 Å². The predicted octanol–water partition coefficient (Wildman–Crippen LogP) is 18.5. The first kappa shape index (κ1) is 62.6. The minimum Gasteiger partial charge on any atom is -0.462 e. The molecule has 1 atom stereocenters. The van der Waals surface area contributed by atoms with Crippen LogP contribution in [0.15, 0.2) is 109 Å². The number of rotatable bonds is 49. The van der Waals surface area contributed by atoms with Crippen LogP contribution in [0.5, 0.6) is 0 Å². The molecule has 0 saturated heterocycles. The van der Waals surface area contributed by atoms with Gasteiger partial charge in [-0.05, 0) is 96.3 Å². The van der Waals surface area contributed by atoms with Gasteiger partial charge in [-0.15, -0.1) is 0 Å². The molecule has 0 fully saturated rings. The first-order chi connectivity index (χ1) is 32.6. The molecular formula is C61H102O5. The molecule has 1 unspecified atom stereocenters. The van der Waals surface area contributed by atoms with Crippen molar-refractivity contribution in [1.82, 2.24) is 0 Å². The number of hydrogen-bond acceptors (Lipinski definition) is 5. The van der Waals surface area contributed by atoms with E-state index in [1.165, 1.54) is 103 Å². The summed E-state index contributed by atoms with van der Waals surface area (Å²) < 4.78 is 10.7. The highest BCUT2D eigenvalue weighted by atomic mass is 16.6. The number of unbranched alkanes of at least 4 members (excludes halogenated alkanes) is 23. The minimum atomic E-state index is -0.789. The zero-order valence-corrected chi connectivity index (χ0v) is 42.9. The van der Waals surface area contributed by atoms with Gasteiger partial charge < -0.3 is 14.6 Å². The summed E-state index contributed by atoms with van der Waals surface area (Å²) >= 11 is 0. The molecule has 0 heterocycles. The number of hydrogen-bond donors (Lipinski definition) is 1. The van der Waals surface area contributed by atoms with Crippen molar-refractivity contribution in [2.75, 3.05) is 13.2 Å². The Balaban J connectivity index is 3.51. The Morgan fingerprint density at radius 2 is 0.606 bits per heavy atom. The lowest BCUT2D eigenvalue weighted by Crippen LogP contribution is -2.28. The third-order valence-corrected chi connectivity index (χ3v) is 11.6. The molecule has 0 amide bonds. The van der Waals surface area contributed by atoms with Crippen molar-refractivity contribution in [3.63, 3.8) is 0 Å². The van der Waals surface area contributed by atoms with Gasteiger partial charge in [-0.2, -0.15) is 0 Å². The van der Waals surface area contributed by atoms with Crippen LogP contribution in [0.3, 0.4) is 0 Å². The second-order valence-electron chi connectivity index (χ2n) is 17.9. The summed E-state index contributed by atoms with van der Waals surface area (Å²) in [6, 6.07) is 0. The number of carbonyl (C=O) groups excluding carboxylic acids is 2. The predicted molar refractivity (Wildman–Crippen MR) is 288 cm³/mol. The Morgan fingerprint density at radius 1 is 0.348 bits per heavy atom. The maximum Gasteiger partial charge on any atom is 0.306 e. The van der Waals surface area contributed by atoms with Gasteiger partial charge in [-0.1, -0.05) is 245 Å². The van der Waals surface area contributed by atoms with Crippen LogP contribution in [-0.2, 0) is 19.1 Å². The Kier molecular flexibility index (Phi) is 53.0. The van der Waals surface area contributed by atoms with Gasteiger partial charge in [0.15, 0.2) is 6.10 Å². The van der Waals surface area contributed by atoms with Crippen molar-refractivity contribution in [3.8, 4) is 0 Å². The van der Waals surface area contributed by atoms with Gasteiger partial charge in [-0.25, -0.2) is 0 Å². The van der Waals surface area contributed by atoms with Gasteiger partial charge in [0.2, 0.25) is 0 Å². The zero-order chi connectivity index (χ0) is 47.7. The molecule has 0 rings (SSSR count). The van der Waals surface area contributed by atoms with Gasteiger partial charge in [-0.3, -0.25) is 9.59 Å². The molecule has 0 saturated carbocycles. The number of aliphatic hydroxyl groups is 1. The van der Waals surface area contributed by atoms with E-state index in [2.05, 4.69) is 123 Å². The third kappa shape index (κ3) is 53.2. The summed E-state index contributed by atoms with van der Waals surface area (Å²) in [5.74, 6) is -0.612. The summed E-state index contributed by atoms with van der Waals surface area (Å²) in [5, 5.41) is 9.64. The van der Waals surface area contributed by atoms with Gasteiger partial charge in [0.1, 0.15) is 6.61 Å². The van der Waals surface area contributed by atoms with Crippen LogP contribution in [0.2, 0.25) is 0 Å². The van der Waals surface area contributed by atoms with Crippen molar-refractivity contribution in [3.05, 3.63) is 109 Å². The largest absolute Gasteiger partial charge is 0.462 e. The first-order valence-electron chi connectivity index (χ1n) is 27.4. The third-order valence-electron chi connectivity index (χ3n) is 11.6. The fourth-order valence-electron chi connectivity index (χ4n) is 7.51. The highest BCUT2D eigenvalue weighted by molar-refractivity contribution is 5.70. The number of allylic oxidation sites excluding steroid dienone is 18. The lowest BCUT2D eigenvalue weighted by atomic mass is 10.0. The van der Waals surface area contributed by atoms with Crippen molar-refractivity contribution in [2.24, 2.45) is 0 Å². The number of ether oxygens (including phenoxy) is 2. The van der Waals surface area contributed by atoms with Crippen LogP contribution < -0.4 is 0 Å². The molecule has 0 spiro atoms. The fourth-order valence-corrected chi connectivity index (χ4v) is 7.51. The smallest absolute Gasteiger partial charge is 0.306 e. The van der Waals surface area contributed by atoms with Crippen LogP contribution >= 0.6 is 0 Å². The Bertz CT molecular complexity index is 1310. The summed E-state index contributed by atoms with van der Waals surface area (Å²) in [6.45, 7) is 3.91. The van der Waals surface area contributed by atoms with Crippen LogP contribution in [0, 0.1) is 0 Å². The first-order valence-corrected chi connectivity index (χ1v) is 27.4. The molecule has 0 aromatic carbocycles. The van der Waals surface area contributed by atoms with E-state index in [1.54, 1.807) is 0 Å². The average molecular weight is 915 g/mol. The second kappa shape index (κ2) is 55.9. The van der Waals surface area contributed by atoms with Crippen molar-refractivity contribution in [2.45, 2.75) is 251 Å². The molecule has 0 aliphatic heterocycles. The number of aliphatic hydroxyl groups excluding tert-OH is 1. The van der Waals surface area contributed by atoms with Crippen molar-refractivity contribution >= 4 is 11.9 Å². The summed E-state index contributed by atoms with van der Waals surface area (Å²) in [7, 11) is 0.